The molecule has 8 heteroatoms. The molecule has 2 rings (SSSR count). The van der Waals surface area contributed by atoms with Gasteiger partial charge in [-0.3, -0.25) is 14.5 Å². The maximum atomic E-state index is 11.9. The van der Waals surface area contributed by atoms with E-state index in [2.05, 4.69) is 10.3 Å². The molecule has 1 atom stereocenters. The Bertz CT molecular complexity index is 553. The Morgan fingerprint density at radius 3 is 2.90 bits per heavy atom. The third-order valence-corrected chi connectivity index (χ3v) is 3.76. The van der Waals surface area contributed by atoms with Crippen LogP contribution >= 0.6 is 23.2 Å². The molecule has 6 nitrogen and oxygen atoms in total. The molecule has 0 spiro atoms. The minimum absolute atomic E-state index is 0.104. The van der Waals surface area contributed by atoms with Crippen LogP contribution < -0.4 is 5.32 Å². The van der Waals surface area contributed by atoms with Crippen molar-refractivity contribution in [2.45, 2.75) is 12.8 Å². The van der Waals surface area contributed by atoms with E-state index in [-0.39, 0.29) is 35.6 Å². The zero-order valence-electron chi connectivity index (χ0n) is 11.2. The third kappa shape index (κ3) is 4.84. The minimum atomic E-state index is -0.802. The molecule has 0 saturated carbocycles. The van der Waals surface area contributed by atoms with Crippen molar-refractivity contribution in [2.75, 3.05) is 25.0 Å². The largest absolute Gasteiger partial charge is 0.481 e. The molecule has 1 unspecified atom stereocenters. The maximum Gasteiger partial charge on any atom is 0.303 e. The van der Waals surface area contributed by atoms with E-state index < -0.39 is 5.97 Å². The number of aliphatic carboxylic acids is 1. The number of carbonyl (C=O) groups excluding carboxylic acids is 1. The molecule has 1 aromatic rings. The summed E-state index contributed by atoms with van der Waals surface area (Å²) in [6, 6.07) is 1.50. The van der Waals surface area contributed by atoms with Crippen LogP contribution in [0.15, 0.2) is 12.3 Å². The van der Waals surface area contributed by atoms with E-state index in [4.69, 9.17) is 28.3 Å². The Morgan fingerprint density at radius 1 is 1.48 bits per heavy atom. The van der Waals surface area contributed by atoms with Gasteiger partial charge in [-0.2, -0.15) is 0 Å². The lowest BCUT2D eigenvalue weighted by atomic mass is 10.1. The van der Waals surface area contributed by atoms with Gasteiger partial charge in [-0.05, 0) is 24.9 Å². The lowest BCUT2D eigenvalue weighted by Gasteiger charge is -2.15. The van der Waals surface area contributed by atoms with Crippen molar-refractivity contribution in [3.05, 3.63) is 22.3 Å². The van der Waals surface area contributed by atoms with Crippen molar-refractivity contribution >= 4 is 40.9 Å². The van der Waals surface area contributed by atoms with Gasteiger partial charge >= 0.3 is 5.97 Å². The fourth-order valence-electron chi connectivity index (χ4n) is 2.35. The zero-order chi connectivity index (χ0) is 15.4. The second-order valence-electron chi connectivity index (χ2n) is 5.02. The molecule has 1 amide bonds. The van der Waals surface area contributed by atoms with E-state index in [0.29, 0.717) is 18.1 Å². The molecule has 1 aromatic heterocycles. The number of nitrogens with zero attached hydrogens (tertiary/aromatic N) is 2. The highest BCUT2D eigenvalue weighted by Crippen LogP contribution is 2.23. The summed E-state index contributed by atoms with van der Waals surface area (Å²) in [5, 5.41) is 12.1. The topological polar surface area (TPSA) is 82.5 Å². The number of likely N-dealkylation sites (tertiary alicyclic amines) is 1. The number of carboxylic acids is 1. The average Bonchev–Trinajstić information content (AvgIpc) is 2.79. The van der Waals surface area contributed by atoms with Gasteiger partial charge in [0.25, 0.3) is 0 Å². The van der Waals surface area contributed by atoms with Crippen LogP contribution in [0.1, 0.15) is 12.8 Å². The second-order valence-corrected chi connectivity index (χ2v) is 5.86. The number of amides is 1. The molecule has 114 valence electrons. The van der Waals surface area contributed by atoms with Crippen LogP contribution in [0, 0.1) is 5.92 Å². The molecule has 2 N–H and O–H groups in total. The van der Waals surface area contributed by atoms with Gasteiger partial charge in [0.05, 0.1) is 16.6 Å². The maximum absolute atomic E-state index is 11.9. The molecular formula is C13H15Cl2N3O3. The Balaban J connectivity index is 1.84. The van der Waals surface area contributed by atoms with Gasteiger partial charge in [-0.25, -0.2) is 4.98 Å². The smallest absolute Gasteiger partial charge is 0.303 e. The highest BCUT2D eigenvalue weighted by Gasteiger charge is 2.25. The standard InChI is InChI=1S/C13H15Cl2N3O3/c14-9-4-10(15)13(16-5-9)17-11(19)7-18-2-1-8(6-18)3-12(20)21/h4-5,8H,1-3,6-7H2,(H,20,21)(H,16,17,19). The highest BCUT2D eigenvalue weighted by atomic mass is 35.5. The summed E-state index contributed by atoms with van der Waals surface area (Å²) in [6.07, 6.45) is 2.34. The van der Waals surface area contributed by atoms with Gasteiger partial charge in [-0.15, -0.1) is 0 Å². The van der Waals surface area contributed by atoms with Crippen molar-refractivity contribution in [1.82, 2.24) is 9.88 Å². The number of nitrogens with one attached hydrogen (secondary N) is 1. The average molecular weight is 332 g/mol. The van der Waals surface area contributed by atoms with Gasteiger partial charge < -0.3 is 10.4 Å². The molecule has 0 radical (unpaired) electrons. The van der Waals surface area contributed by atoms with E-state index in [1.165, 1.54) is 12.3 Å². The van der Waals surface area contributed by atoms with Gasteiger partial charge in [0, 0.05) is 19.2 Å². The predicted octanol–water partition coefficient (Wildman–Crippen LogP) is 2.12. The fourth-order valence-corrected chi connectivity index (χ4v) is 2.78. The number of aromatic nitrogens is 1. The quantitative estimate of drug-likeness (QED) is 0.863. The lowest BCUT2D eigenvalue weighted by Crippen LogP contribution is -2.32. The number of hydrogen-bond acceptors (Lipinski definition) is 4. The number of anilines is 1. The van der Waals surface area contributed by atoms with Crippen molar-refractivity contribution in [3.8, 4) is 0 Å². The summed E-state index contributed by atoms with van der Waals surface area (Å²) in [6.45, 7) is 1.52. The Morgan fingerprint density at radius 2 is 2.24 bits per heavy atom. The fraction of sp³-hybridized carbons (Fsp3) is 0.462. The highest BCUT2D eigenvalue weighted by molar-refractivity contribution is 6.36. The predicted molar refractivity (Wildman–Crippen MR) is 79.7 cm³/mol. The molecule has 0 aliphatic carbocycles. The van der Waals surface area contributed by atoms with Gasteiger partial charge in [0.2, 0.25) is 5.91 Å². The first-order chi connectivity index (χ1) is 9.94. The number of rotatable bonds is 5. The van der Waals surface area contributed by atoms with Crippen LogP contribution in [0.2, 0.25) is 10.0 Å². The number of halogens is 2. The minimum Gasteiger partial charge on any atom is -0.481 e. The van der Waals surface area contributed by atoms with Crippen molar-refractivity contribution in [2.24, 2.45) is 5.92 Å². The van der Waals surface area contributed by atoms with Crippen molar-refractivity contribution in [1.29, 1.82) is 0 Å². The first kappa shape index (κ1) is 16.0. The molecule has 21 heavy (non-hydrogen) atoms. The van der Waals surface area contributed by atoms with Gasteiger partial charge in [-0.1, -0.05) is 23.2 Å². The zero-order valence-corrected chi connectivity index (χ0v) is 12.7. The van der Waals surface area contributed by atoms with E-state index >= 15 is 0 Å². The SMILES string of the molecule is O=C(O)CC1CCN(CC(=O)Nc2ncc(Cl)cc2Cl)C1. The van der Waals surface area contributed by atoms with Crippen LogP contribution in [-0.2, 0) is 9.59 Å². The number of carbonyl (C=O) groups is 2. The van der Waals surface area contributed by atoms with Crippen LogP contribution in [0.5, 0.6) is 0 Å². The molecule has 1 fully saturated rings. The van der Waals surface area contributed by atoms with Crippen molar-refractivity contribution < 1.29 is 14.7 Å². The first-order valence-electron chi connectivity index (χ1n) is 6.49. The normalized spacial score (nSPS) is 18.7. The van der Waals surface area contributed by atoms with Crippen LogP contribution in [0.25, 0.3) is 0 Å². The van der Waals surface area contributed by atoms with Crippen LogP contribution in [0.4, 0.5) is 5.82 Å². The monoisotopic (exact) mass is 331 g/mol. The second kappa shape index (κ2) is 7.06. The number of hydrogen-bond donors (Lipinski definition) is 2. The Labute approximate surface area is 132 Å². The summed E-state index contributed by atoms with van der Waals surface area (Å²) in [7, 11) is 0. The van der Waals surface area contributed by atoms with Crippen LogP contribution in [-0.4, -0.2) is 46.5 Å². The lowest BCUT2D eigenvalue weighted by molar-refractivity contribution is -0.138. The summed E-state index contributed by atoms with van der Waals surface area (Å²) in [5.41, 5.74) is 0. The molecule has 0 aromatic carbocycles. The van der Waals surface area contributed by atoms with E-state index in [9.17, 15) is 9.59 Å². The number of pyridine rings is 1. The van der Waals surface area contributed by atoms with E-state index in [1.807, 2.05) is 4.90 Å². The van der Waals surface area contributed by atoms with Gasteiger partial charge in [0.15, 0.2) is 5.82 Å². The Kier molecular flexibility index (Phi) is 5.39. The molecule has 1 aliphatic rings. The molecule has 1 aliphatic heterocycles. The van der Waals surface area contributed by atoms with E-state index in [1.54, 1.807) is 0 Å². The third-order valence-electron chi connectivity index (χ3n) is 3.27. The molecule has 2 heterocycles. The van der Waals surface area contributed by atoms with E-state index in [0.717, 1.165) is 6.42 Å². The first-order valence-corrected chi connectivity index (χ1v) is 7.24. The molecule has 0 bridgehead atoms. The summed E-state index contributed by atoms with van der Waals surface area (Å²) in [4.78, 5) is 28.5. The summed E-state index contributed by atoms with van der Waals surface area (Å²) in [5.74, 6) is -0.661. The summed E-state index contributed by atoms with van der Waals surface area (Å²) < 4.78 is 0. The van der Waals surface area contributed by atoms with Crippen molar-refractivity contribution in [3.63, 3.8) is 0 Å². The molecular weight excluding hydrogens is 317 g/mol. The number of carboxylic acid groups (broad SMARTS) is 1. The summed E-state index contributed by atoms with van der Waals surface area (Å²) >= 11 is 11.7. The van der Waals surface area contributed by atoms with Crippen LogP contribution in [0.3, 0.4) is 0 Å². The Hall–Kier alpha value is -1.37. The van der Waals surface area contributed by atoms with Gasteiger partial charge in [0.1, 0.15) is 0 Å². The molecule has 1 saturated heterocycles.